The highest BCUT2D eigenvalue weighted by Gasteiger charge is 2.15. The zero-order valence-electron chi connectivity index (χ0n) is 9.91. The molecule has 2 N–H and O–H groups in total. The molecular weight excluding hydrogens is 252 g/mol. The molecular formula is C11H12N4O2S. The summed E-state index contributed by atoms with van der Waals surface area (Å²) in [5, 5.41) is 19.4. The summed E-state index contributed by atoms with van der Waals surface area (Å²) in [5.41, 5.74) is 0.671. The van der Waals surface area contributed by atoms with E-state index in [1.54, 1.807) is 10.6 Å². The normalized spacial score (nSPS) is 10.8. The van der Waals surface area contributed by atoms with Gasteiger partial charge < -0.3 is 5.11 Å². The number of aromatic amines is 1. The molecule has 2 aromatic rings. The molecule has 0 atom stereocenters. The molecule has 0 saturated heterocycles. The van der Waals surface area contributed by atoms with Crippen LogP contribution in [0, 0.1) is 9.68 Å². The van der Waals surface area contributed by atoms with E-state index in [2.05, 4.69) is 15.4 Å². The summed E-state index contributed by atoms with van der Waals surface area (Å²) in [6.07, 6.45) is 0. The van der Waals surface area contributed by atoms with Gasteiger partial charge in [-0.3, -0.25) is 9.67 Å². The van der Waals surface area contributed by atoms with Gasteiger partial charge in [-0.15, -0.1) is 4.91 Å². The van der Waals surface area contributed by atoms with Gasteiger partial charge in [0.1, 0.15) is 11.4 Å². The van der Waals surface area contributed by atoms with E-state index in [1.807, 2.05) is 13.8 Å². The number of phenols is 1. The molecule has 94 valence electrons. The second-order valence-electron chi connectivity index (χ2n) is 4.11. The fourth-order valence-electron chi connectivity index (χ4n) is 1.74. The van der Waals surface area contributed by atoms with E-state index in [-0.39, 0.29) is 17.5 Å². The van der Waals surface area contributed by atoms with Crippen LogP contribution in [0.1, 0.15) is 19.9 Å². The van der Waals surface area contributed by atoms with Crippen molar-refractivity contribution < 1.29 is 5.11 Å². The number of phenolic OH excluding ortho intramolecular Hbond substituents is 1. The number of H-pyrrole nitrogens is 1. The van der Waals surface area contributed by atoms with Crippen LogP contribution in [0.4, 0.5) is 5.69 Å². The molecule has 2 rings (SSSR count). The zero-order valence-corrected chi connectivity index (χ0v) is 10.7. The van der Waals surface area contributed by atoms with Gasteiger partial charge in [0.2, 0.25) is 0 Å². The fraction of sp³-hybridized carbons (Fsp3) is 0.273. The molecule has 0 aliphatic rings. The maximum Gasteiger partial charge on any atom is 0.195 e. The minimum absolute atomic E-state index is 0.0528. The number of nitrogens with zero attached hydrogens (tertiary/aromatic N) is 3. The van der Waals surface area contributed by atoms with E-state index in [9.17, 15) is 10.0 Å². The van der Waals surface area contributed by atoms with E-state index in [0.29, 0.717) is 16.2 Å². The van der Waals surface area contributed by atoms with Crippen molar-refractivity contribution >= 4 is 17.9 Å². The van der Waals surface area contributed by atoms with Gasteiger partial charge in [0, 0.05) is 12.1 Å². The average molecular weight is 264 g/mol. The second kappa shape index (κ2) is 4.69. The van der Waals surface area contributed by atoms with Gasteiger partial charge in [-0.1, -0.05) is 0 Å². The van der Waals surface area contributed by atoms with Crippen LogP contribution in [0.15, 0.2) is 23.4 Å². The van der Waals surface area contributed by atoms with Crippen LogP contribution in [-0.4, -0.2) is 19.9 Å². The molecule has 0 aliphatic heterocycles. The van der Waals surface area contributed by atoms with Gasteiger partial charge in [-0.05, 0) is 43.4 Å². The van der Waals surface area contributed by atoms with Gasteiger partial charge in [-0.25, -0.2) is 0 Å². The Bertz CT molecular complexity index is 645. The topological polar surface area (TPSA) is 83.3 Å². The van der Waals surface area contributed by atoms with Gasteiger partial charge in [0.05, 0.1) is 5.56 Å². The third kappa shape index (κ3) is 2.04. The van der Waals surface area contributed by atoms with Gasteiger partial charge in [-0.2, -0.15) is 5.10 Å². The number of hydrogen-bond acceptors (Lipinski definition) is 5. The van der Waals surface area contributed by atoms with Crippen LogP contribution in [0.2, 0.25) is 0 Å². The highest BCUT2D eigenvalue weighted by Crippen LogP contribution is 2.32. The number of benzene rings is 1. The van der Waals surface area contributed by atoms with Gasteiger partial charge in [0.15, 0.2) is 10.6 Å². The lowest BCUT2D eigenvalue weighted by molar-refractivity contribution is 0.476. The molecule has 1 heterocycles. The van der Waals surface area contributed by atoms with E-state index in [0.717, 1.165) is 0 Å². The first kappa shape index (κ1) is 12.4. The summed E-state index contributed by atoms with van der Waals surface area (Å²) in [5.74, 6) is 0.480. The number of aromatic nitrogens is 3. The van der Waals surface area contributed by atoms with Crippen molar-refractivity contribution in [2.24, 2.45) is 5.18 Å². The lowest BCUT2D eigenvalue weighted by atomic mass is 10.1. The van der Waals surface area contributed by atoms with Crippen LogP contribution in [-0.2, 0) is 0 Å². The number of nitroso groups, excluding NO2 is 1. The van der Waals surface area contributed by atoms with Crippen LogP contribution in [0.3, 0.4) is 0 Å². The number of nitrogens with one attached hydrogen (secondary N) is 1. The fourth-order valence-corrected chi connectivity index (χ4v) is 2.08. The molecule has 7 heteroatoms. The lowest BCUT2D eigenvalue weighted by Gasteiger charge is -2.11. The van der Waals surface area contributed by atoms with E-state index in [1.165, 1.54) is 12.1 Å². The Morgan fingerprint density at radius 1 is 1.50 bits per heavy atom. The third-order valence-corrected chi connectivity index (χ3v) is 2.84. The molecule has 0 saturated carbocycles. The average Bonchev–Trinajstić information content (AvgIpc) is 2.70. The summed E-state index contributed by atoms with van der Waals surface area (Å²) in [6.45, 7) is 3.93. The summed E-state index contributed by atoms with van der Waals surface area (Å²) in [6, 6.07) is 4.51. The smallest absolute Gasteiger partial charge is 0.195 e. The number of aromatic hydroxyl groups is 1. The molecule has 0 aliphatic carbocycles. The van der Waals surface area contributed by atoms with Crippen molar-refractivity contribution in [3.63, 3.8) is 0 Å². The number of hydrogen-bond donors (Lipinski definition) is 2. The Labute approximate surface area is 108 Å². The Kier molecular flexibility index (Phi) is 3.24. The predicted octanol–water partition coefficient (Wildman–Crippen LogP) is 3.29. The first-order valence-corrected chi connectivity index (χ1v) is 5.79. The van der Waals surface area contributed by atoms with Crippen molar-refractivity contribution in [3.05, 3.63) is 27.9 Å². The van der Waals surface area contributed by atoms with Crippen LogP contribution in [0.25, 0.3) is 11.4 Å². The summed E-state index contributed by atoms with van der Waals surface area (Å²) < 4.78 is 2.27. The monoisotopic (exact) mass is 264 g/mol. The van der Waals surface area contributed by atoms with Crippen molar-refractivity contribution in [2.45, 2.75) is 19.9 Å². The second-order valence-corrected chi connectivity index (χ2v) is 4.50. The molecule has 0 radical (unpaired) electrons. The molecule has 18 heavy (non-hydrogen) atoms. The number of rotatable bonds is 3. The first-order chi connectivity index (χ1) is 8.54. The molecule has 0 bridgehead atoms. The lowest BCUT2D eigenvalue weighted by Crippen LogP contribution is -2.03. The van der Waals surface area contributed by atoms with Gasteiger partial charge >= 0.3 is 0 Å². The summed E-state index contributed by atoms with van der Waals surface area (Å²) in [7, 11) is 0. The van der Waals surface area contributed by atoms with Crippen LogP contribution in [0.5, 0.6) is 5.75 Å². The minimum Gasteiger partial charge on any atom is -0.507 e. The van der Waals surface area contributed by atoms with Crippen molar-refractivity contribution in [1.29, 1.82) is 0 Å². The molecule has 0 amide bonds. The first-order valence-electron chi connectivity index (χ1n) is 5.38. The van der Waals surface area contributed by atoms with Crippen molar-refractivity contribution in [2.75, 3.05) is 0 Å². The van der Waals surface area contributed by atoms with Crippen molar-refractivity contribution in [1.82, 2.24) is 14.8 Å². The molecule has 6 nitrogen and oxygen atoms in total. The maximum atomic E-state index is 10.4. The quantitative estimate of drug-likeness (QED) is 0.658. The predicted molar refractivity (Wildman–Crippen MR) is 70.4 cm³/mol. The van der Waals surface area contributed by atoms with E-state index >= 15 is 0 Å². The Balaban J connectivity index is 2.62. The maximum absolute atomic E-state index is 10.4. The van der Waals surface area contributed by atoms with Crippen LogP contribution >= 0.6 is 12.2 Å². The molecule has 0 spiro atoms. The van der Waals surface area contributed by atoms with Crippen LogP contribution < -0.4 is 0 Å². The van der Waals surface area contributed by atoms with E-state index < -0.39 is 0 Å². The Morgan fingerprint density at radius 3 is 2.78 bits per heavy atom. The molecule has 1 aromatic heterocycles. The molecule has 1 aromatic carbocycles. The molecule has 0 unspecified atom stereocenters. The SMILES string of the molecule is CC(C)n1c(-c2ccc(N=O)cc2O)n[nH]c1=S. The van der Waals surface area contributed by atoms with Gasteiger partial charge in [0.25, 0.3) is 0 Å². The summed E-state index contributed by atoms with van der Waals surface area (Å²) >= 11 is 5.14. The zero-order chi connectivity index (χ0) is 13.3. The summed E-state index contributed by atoms with van der Waals surface area (Å²) in [4.78, 5) is 10.4. The van der Waals surface area contributed by atoms with Crippen molar-refractivity contribution in [3.8, 4) is 17.1 Å². The third-order valence-electron chi connectivity index (χ3n) is 2.55. The standard InChI is InChI=1S/C11H12N4O2S/c1-6(2)15-10(12-13-11(15)18)8-4-3-7(14-17)5-9(8)16/h3-6,16H,1-2H3,(H,13,18). The highest BCUT2D eigenvalue weighted by atomic mass is 32.1. The molecule has 0 fully saturated rings. The highest BCUT2D eigenvalue weighted by molar-refractivity contribution is 7.71. The Morgan fingerprint density at radius 2 is 2.22 bits per heavy atom. The minimum atomic E-state index is -0.0528. The largest absolute Gasteiger partial charge is 0.507 e. The van der Waals surface area contributed by atoms with E-state index in [4.69, 9.17) is 12.2 Å². The Hall–Kier alpha value is -2.02.